The molecular weight excluding hydrogens is 250 g/mol. The summed E-state index contributed by atoms with van der Waals surface area (Å²) in [6.45, 7) is 0. The van der Waals surface area contributed by atoms with Gasteiger partial charge in [0.2, 0.25) is 0 Å². The van der Waals surface area contributed by atoms with Gasteiger partial charge in [0, 0.05) is 23.5 Å². The minimum atomic E-state index is 0.581. The number of pyridine rings is 1. The van der Waals surface area contributed by atoms with E-state index in [1.165, 1.54) is 0 Å². The molecule has 1 heterocycles. The average molecular weight is 263 g/mol. The van der Waals surface area contributed by atoms with Gasteiger partial charge in [-0.2, -0.15) is 0 Å². The van der Waals surface area contributed by atoms with E-state index < -0.39 is 0 Å². The van der Waals surface area contributed by atoms with Crippen LogP contribution in [0, 0.1) is 0 Å². The number of nitrogens with zero attached hydrogens (tertiary/aromatic N) is 1. The summed E-state index contributed by atoms with van der Waals surface area (Å²) in [5, 5.41) is 2.24. The maximum absolute atomic E-state index is 10.8. The van der Waals surface area contributed by atoms with E-state index in [-0.39, 0.29) is 0 Å². The highest BCUT2D eigenvalue weighted by Crippen LogP contribution is 2.26. The Labute approximate surface area is 116 Å². The van der Waals surface area contributed by atoms with Crippen LogP contribution in [0.4, 0.5) is 0 Å². The molecule has 3 aromatic rings. The van der Waals surface area contributed by atoms with Gasteiger partial charge in [0.25, 0.3) is 0 Å². The van der Waals surface area contributed by atoms with Gasteiger partial charge < -0.3 is 4.74 Å². The van der Waals surface area contributed by atoms with E-state index in [4.69, 9.17) is 4.74 Å². The van der Waals surface area contributed by atoms with Gasteiger partial charge >= 0.3 is 0 Å². The molecule has 0 aliphatic rings. The second kappa shape index (κ2) is 5.13. The maximum atomic E-state index is 10.8. The molecule has 0 amide bonds. The Bertz CT molecular complexity index is 781. The molecule has 0 radical (unpaired) electrons. The Balaban J connectivity index is 2.10. The van der Waals surface area contributed by atoms with Gasteiger partial charge in [-0.25, -0.2) is 0 Å². The molecule has 98 valence electrons. The van der Waals surface area contributed by atoms with Crippen LogP contribution >= 0.6 is 0 Å². The maximum Gasteiger partial charge on any atom is 0.151 e. The molecule has 0 saturated carbocycles. The fourth-order valence-corrected chi connectivity index (χ4v) is 2.21. The molecule has 0 aliphatic carbocycles. The number of benzene rings is 2. The summed E-state index contributed by atoms with van der Waals surface area (Å²) < 4.78 is 5.22. The number of rotatable bonds is 3. The van der Waals surface area contributed by atoms with E-state index in [1.807, 2.05) is 36.4 Å². The van der Waals surface area contributed by atoms with E-state index >= 15 is 0 Å². The number of ether oxygens (including phenoxy) is 1. The predicted molar refractivity (Wildman–Crippen MR) is 79.1 cm³/mol. The Hall–Kier alpha value is -2.68. The van der Waals surface area contributed by atoms with Crippen LogP contribution in [-0.2, 0) is 0 Å². The molecule has 0 unspecified atom stereocenters. The van der Waals surface area contributed by atoms with E-state index in [0.29, 0.717) is 5.56 Å². The summed E-state index contributed by atoms with van der Waals surface area (Å²) in [6, 6.07) is 13.9. The molecule has 0 bridgehead atoms. The molecule has 20 heavy (non-hydrogen) atoms. The zero-order chi connectivity index (χ0) is 13.9. The number of hydrogen-bond acceptors (Lipinski definition) is 3. The van der Waals surface area contributed by atoms with E-state index in [2.05, 4.69) is 11.1 Å². The lowest BCUT2D eigenvalue weighted by Gasteiger charge is -2.06. The van der Waals surface area contributed by atoms with Crippen molar-refractivity contribution < 1.29 is 9.53 Å². The van der Waals surface area contributed by atoms with Gasteiger partial charge in [-0.05, 0) is 40.6 Å². The lowest BCUT2D eigenvalue weighted by Crippen LogP contribution is -1.86. The third kappa shape index (κ3) is 2.26. The summed E-state index contributed by atoms with van der Waals surface area (Å²) in [5.41, 5.74) is 2.56. The molecule has 0 saturated heterocycles. The molecule has 0 fully saturated rings. The molecule has 0 aliphatic heterocycles. The van der Waals surface area contributed by atoms with E-state index in [1.54, 1.807) is 19.5 Å². The number of carbonyl (C=O) groups excluding carboxylic acids is 1. The number of aromatic nitrogens is 1. The summed E-state index contributed by atoms with van der Waals surface area (Å²) in [5.74, 6) is 0.842. The number of aldehydes is 1. The average Bonchev–Trinajstić information content (AvgIpc) is 2.54. The lowest BCUT2D eigenvalue weighted by molar-refractivity contribution is 0.112. The van der Waals surface area contributed by atoms with Crippen LogP contribution in [0.3, 0.4) is 0 Å². The van der Waals surface area contributed by atoms with Crippen molar-refractivity contribution in [1.82, 2.24) is 4.98 Å². The Morgan fingerprint density at radius 1 is 0.950 bits per heavy atom. The van der Waals surface area contributed by atoms with Crippen molar-refractivity contribution in [3.05, 3.63) is 60.4 Å². The first-order valence-corrected chi connectivity index (χ1v) is 6.28. The summed E-state index contributed by atoms with van der Waals surface area (Å²) in [4.78, 5) is 14.9. The molecular formula is C17H13NO2. The SMILES string of the molecule is COc1ccc2cc(-c3cncc(C=O)c3)ccc2c1. The standard InChI is InChI=1S/C17H13NO2/c1-20-17-5-4-13-7-14(2-3-15(13)8-17)16-6-12(11-19)9-18-10-16/h2-11H,1H3. The molecule has 1 aromatic heterocycles. The van der Waals surface area contributed by atoms with Gasteiger partial charge in [-0.3, -0.25) is 9.78 Å². The molecule has 2 aromatic carbocycles. The first-order chi connectivity index (χ1) is 9.80. The van der Waals surface area contributed by atoms with Crippen LogP contribution in [0.15, 0.2) is 54.9 Å². The monoisotopic (exact) mass is 263 g/mol. The lowest BCUT2D eigenvalue weighted by atomic mass is 10.0. The van der Waals surface area contributed by atoms with Gasteiger partial charge in [-0.15, -0.1) is 0 Å². The Morgan fingerprint density at radius 2 is 1.75 bits per heavy atom. The van der Waals surface area contributed by atoms with Crippen molar-refractivity contribution in [3.63, 3.8) is 0 Å². The number of methoxy groups -OCH3 is 1. The van der Waals surface area contributed by atoms with Crippen molar-refractivity contribution in [2.75, 3.05) is 7.11 Å². The van der Waals surface area contributed by atoms with Crippen LogP contribution < -0.4 is 4.74 Å². The van der Waals surface area contributed by atoms with Crippen LogP contribution in [0.1, 0.15) is 10.4 Å². The third-order valence-electron chi connectivity index (χ3n) is 3.28. The van der Waals surface area contributed by atoms with Crippen molar-refractivity contribution >= 4 is 17.1 Å². The summed E-state index contributed by atoms with van der Waals surface area (Å²) in [7, 11) is 1.66. The van der Waals surface area contributed by atoms with Gasteiger partial charge in [0.15, 0.2) is 6.29 Å². The summed E-state index contributed by atoms with van der Waals surface area (Å²) in [6.07, 6.45) is 4.13. The molecule has 3 rings (SSSR count). The fourth-order valence-electron chi connectivity index (χ4n) is 2.21. The first-order valence-electron chi connectivity index (χ1n) is 6.28. The smallest absolute Gasteiger partial charge is 0.151 e. The molecule has 0 spiro atoms. The van der Waals surface area contributed by atoms with Gasteiger partial charge in [-0.1, -0.05) is 18.2 Å². The van der Waals surface area contributed by atoms with Crippen molar-refractivity contribution in [3.8, 4) is 16.9 Å². The van der Waals surface area contributed by atoms with Crippen LogP contribution in [-0.4, -0.2) is 18.4 Å². The zero-order valence-corrected chi connectivity index (χ0v) is 11.0. The second-order valence-corrected chi connectivity index (χ2v) is 4.55. The van der Waals surface area contributed by atoms with Crippen molar-refractivity contribution in [2.45, 2.75) is 0 Å². The van der Waals surface area contributed by atoms with Crippen LogP contribution in [0.25, 0.3) is 21.9 Å². The predicted octanol–water partition coefficient (Wildman–Crippen LogP) is 3.72. The quantitative estimate of drug-likeness (QED) is 0.676. The van der Waals surface area contributed by atoms with Crippen molar-refractivity contribution in [2.24, 2.45) is 0 Å². The number of hydrogen-bond donors (Lipinski definition) is 0. The van der Waals surface area contributed by atoms with Gasteiger partial charge in [0.05, 0.1) is 7.11 Å². The Morgan fingerprint density at radius 3 is 2.55 bits per heavy atom. The largest absolute Gasteiger partial charge is 0.497 e. The van der Waals surface area contributed by atoms with E-state index in [0.717, 1.165) is 33.9 Å². The molecule has 0 atom stereocenters. The highest BCUT2D eigenvalue weighted by atomic mass is 16.5. The van der Waals surface area contributed by atoms with Crippen LogP contribution in [0.5, 0.6) is 5.75 Å². The summed E-state index contributed by atoms with van der Waals surface area (Å²) >= 11 is 0. The third-order valence-corrected chi connectivity index (χ3v) is 3.28. The highest BCUT2D eigenvalue weighted by molar-refractivity contribution is 5.89. The zero-order valence-electron chi connectivity index (χ0n) is 11.0. The highest BCUT2D eigenvalue weighted by Gasteiger charge is 2.02. The molecule has 3 nitrogen and oxygen atoms in total. The minimum absolute atomic E-state index is 0.581. The minimum Gasteiger partial charge on any atom is -0.497 e. The molecule has 0 N–H and O–H groups in total. The fraction of sp³-hybridized carbons (Fsp3) is 0.0588. The number of carbonyl (C=O) groups is 1. The topological polar surface area (TPSA) is 39.2 Å². The molecule has 3 heteroatoms. The Kier molecular flexibility index (Phi) is 3.17. The first kappa shape index (κ1) is 12.4. The van der Waals surface area contributed by atoms with Crippen molar-refractivity contribution in [1.29, 1.82) is 0 Å². The van der Waals surface area contributed by atoms with Crippen LogP contribution in [0.2, 0.25) is 0 Å². The number of fused-ring (bicyclic) bond motifs is 1. The normalized spacial score (nSPS) is 10.4. The second-order valence-electron chi connectivity index (χ2n) is 4.55. The van der Waals surface area contributed by atoms with Gasteiger partial charge in [0.1, 0.15) is 5.75 Å². The van der Waals surface area contributed by atoms with E-state index in [9.17, 15) is 4.79 Å².